The first-order valence-electron chi connectivity index (χ1n) is 14.9. The van der Waals surface area contributed by atoms with Gasteiger partial charge in [-0.25, -0.2) is 5.43 Å². The maximum atomic E-state index is 9.19. The Balaban J connectivity index is 1.17. The first kappa shape index (κ1) is 28.1. The number of furan rings is 1. The molecule has 0 aliphatic carbocycles. The number of nitrogens with two attached hydrogens (primary N) is 1. The second-order valence-electron chi connectivity index (χ2n) is 10.9. The standard InChI is InChI=1S/C39H31N5O/c40-24-26-9-6-13-30(21-26)39(41)44-42-25-27-10-7-14-31(22-27)43-36-23-29(19-20-32(36)28-11-2-1-3-12-28)33-16-8-17-35-34-15-4-5-18-37(34)45-38(33)35/h1-23,39,42-44H,25,41H2. The first-order valence-corrected chi connectivity index (χ1v) is 14.9. The van der Waals surface area contributed by atoms with Gasteiger partial charge in [0.2, 0.25) is 0 Å². The van der Waals surface area contributed by atoms with Crippen molar-refractivity contribution in [2.24, 2.45) is 5.73 Å². The fourth-order valence-corrected chi connectivity index (χ4v) is 5.72. The maximum Gasteiger partial charge on any atom is 0.143 e. The number of anilines is 2. The van der Waals surface area contributed by atoms with Crippen LogP contribution in [-0.4, -0.2) is 0 Å². The highest BCUT2D eigenvalue weighted by Gasteiger charge is 2.14. The molecule has 1 heterocycles. The van der Waals surface area contributed by atoms with Gasteiger partial charge in [0.25, 0.3) is 0 Å². The zero-order chi connectivity index (χ0) is 30.6. The van der Waals surface area contributed by atoms with Crippen molar-refractivity contribution in [2.45, 2.75) is 12.7 Å². The zero-order valence-corrected chi connectivity index (χ0v) is 24.5. The van der Waals surface area contributed by atoms with Gasteiger partial charge in [0.1, 0.15) is 11.2 Å². The Morgan fingerprint density at radius 1 is 0.689 bits per heavy atom. The van der Waals surface area contributed by atoms with Crippen molar-refractivity contribution < 1.29 is 4.42 Å². The second kappa shape index (κ2) is 12.5. The summed E-state index contributed by atoms with van der Waals surface area (Å²) >= 11 is 0. The third kappa shape index (κ3) is 5.92. The molecule has 6 nitrogen and oxygen atoms in total. The first-order chi connectivity index (χ1) is 22.2. The van der Waals surface area contributed by atoms with Crippen molar-refractivity contribution in [3.05, 3.63) is 156 Å². The Hall–Kier alpha value is -5.71. The summed E-state index contributed by atoms with van der Waals surface area (Å²) in [5.41, 5.74) is 23.2. The van der Waals surface area contributed by atoms with Gasteiger partial charge in [-0.3, -0.25) is 5.43 Å². The average Bonchev–Trinajstić information content (AvgIpc) is 3.48. The van der Waals surface area contributed by atoms with E-state index < -0.39 is 6.17 Å². The molecule has 0 amide bonds. The molecule has 6 heteroatoms. The Bertz CT molecular complexity index is 2160. The van der Waals surface area contributed by atoms with Crippen LogP contribution in [0.4, 0.5) is 11.4 Å². The summed E-state index contributed by atoms with van der Waals surface area (Å²) in [4.78, 5) is 0. The highest BCUT2D eigenvalue weighted by atomic mass is 16.3. The normalized spacial score (nSPS) is 11.8. The van der Waals surface area contributed by atoms with Crippen LogP contribution in [0.25, 0.3) is 44.2 Å². The van der Waals surface area contributed by atoms with E-state index in [9.17, 15) is 5.26 Å². The molecule has 0 saturated carbocycles. The monoisotopic (exact) mass is 585 g/mol. The van der Waals surface area contributed by atoms with Crippen molar-refractivity contribution in [3.8, 4) is 28.3 Å². The summed E-state index contributed by atoms with van der Waals surface area (Å²) in [5.74, 6) is 0. The molecule has 5 N–H and O–H groups in total. The fraction of sp³-hybridized carbons (Fsp3) is 0.0513. The van der Waals surface area contributed by atoms with Crippen molar-refractivity contribution in [3.63, 3.8) is 0 Å². The fourth-order valence-electron chi connectivity index (χ4n) is 5.72. The average molecular weight is 586 g/mol. The number of benzene rings is 6. The maximum absolute atomic E-state index is 9.19. The topological polar surface area (TPSA) is 99.0 Å². The smallest absolute Gasteiger partial charge is 0.143 e. The van der Waals surface area contributed by atoms with Crippen LogP contribution in [0.5, 0.6) is 0 Å². The zero-order valence-electron chi connectivity index (χ0n) is 24.5. The number of para-hydroxylation sites is 2. The number of nitrogens with one attached hydrogen (secondary N) is 3. The van der Waals surface area contributed by atoms with E-state index in [0.29, 0.717) is 12.1 Å². The summed E-state index contributed by atoms with van der Waals surface area (Å²) < 4.78 is 6.36. The van der Waals surface area contributed by atoms with Gasteiger partial charge in [0.15, 0.2) is 0 Å². The van der Waals surface area contributed by atoms with E-state index >= 15 is 0 Å². The van der Waals surface area contributed by atoms with Gasteiger partial charge in [-0.2, -0.15) is 5.26 Å². The van der Waals surface area contributed by atoms with Crippen molar-refractivity contribution in [1.29, 1.82) is 5.26 Å². The summed E-state index contributed by atoms with van der Waals surface area (Å²) in [6.07, 6.45) is -0.452. The third-order valence-corrected chi connectivity index (χ3v) is 7.95. The van der Waals surface area contributed by atoms with Gasteiger partial charge in [-0.05, 0) is 58.7 Å². The highest BCUT2D eigenvalue weighted by Crippen LogP contribution is 2.39. The Morgan fingerprint density at radius 3 is 2.38 bits per heavy atom. The molecular weight excluding hydrogens is 554 g/mol. The lowest BCUT2D eigenvalue weighted by molar-refractivity contribution is 0.446. The molecule has 6 aromatic carbocycles. The van der Waals surface area contributed by atoms with Crippen molar-refractivity contribution in [1.82, 2.24) is 10.9 Å². The molecule has 0 aliphatic heterocycles. The van der Waals surface area contributed by atoms with E-state index in [1.54, 1.807) is 12.1 Å². The molecule has 1 atom stereocenters. The summed E-state index contributed by atoms with van der Waals surface area (Å²) in [6.45, 7) is 0.556. The molecule has 0 radical (unpaired) electrons. The molecule has 0 fully saturated rings. The van der Waals surface area contributed by atoms with E-state index in [1.807, 2.05) is 42.5 Å². The second-order valence-corrected chi connectivity index (χ2v) is 10.9. The number of fused-ring (bicyclic) bond motifs is 3. The molecule has 7 aromatic rings. The molecular formula is C39H31N5O. The lowest BCUT2D eigenvalue weighted by Gasteiger charge is -2.17. The number of hydrogen-bond donors (Lipinski definition) is 4. The number of nitrogens with zero attached hydrogens (tertiary/aromatic N) is 1. The number of rotatable bonds is 9. The van der Waals surface area contributed by atoms with Crippen LogP contribution in [-0.2, 0) is 6.54 Å². The Kier molecular flexibility index (Phi) is 7.79. The molecule has 0 aliphatic rings. The highest BCUT2D eigenvalue weighted by molar-refractivity contribution is 6.09. The van der Waals surface area contributed by atoms with Gasteiger partial charge in [-0.1, -0.05) is 103 Å². The van der Waals surface area contributed by atoms with Crippen molar-refractivity contribution >= 4 is 33.3 Å². The predicted octanol–water partition coefficient (Wildman–Crippen LogP) is 8.79. The molecule has 218 valence electrons. The third-order valence-electron chi connectivity index (χ3n) is 7.95. The number of hydrogen-bond acceptors (Lipinski definition) is 6. The van der Waals surface area contributed by atoms with Gasteiger partial charge in [0.05, 0.1) is 17.8 Å². The molecule has 0 spiro atoms. The SMILES string of the molecule is N#Cc1cccc(C(N)NNCc2cccc(Nc3cc(-c4cccc5c4oc4ccccc45)ccc3-c3ccccc3)c2)c1. The molecule has 0 saturated heterocycles. The predicted molar refractivity (Wildman–Crippen MR) is 182 cm³/mol. The van der Waals surface area contributed by atoms with Crippen LogP contribution in [0, 0.1) is 11.3 Å². The van der Waals surface area contributed by atoms with Crippen LogP contribution < -0.4 is 21.9 Å². The van der Waals surface area contributed by atoms with Crippen molar-refractivity contribution in [2.75, 3.05) is 5.32 Å². The summed E-state index contributed by atoms with van der Waals surface area (Å²) in [6, 6.07) is 49.2. The Morgan fingerprint density at radius 2 is 1.49 bits per heavy atom. The molecule has 45 heavy (non-hydrogen) atoms. The van der Waals surface area contributed by atoms with E-state index in [4.69, 9.17) is 10.2 Å². The minimum Gasteiger partial charge on any atom is -0.455 e. The number of nitriles is 1. The largest absolute Gasteiger partial charge is 0.455 e. The molecule has 7 rings (SSSR count). The minimum absolute atomic E-state index is 0.452. The van der Waals surface area contributed by atoms with E-state index in [1.165, 1.54) is 0 Å². The number of hydrazine groups is 1. The van der Waals surface area contributed by atoms with Crippen LogP contribution in [0.2, 0.25) is 0 Å². The van der Waals surface area contributed by atoms with Crippen LogP contribution >= 0.6 is 0 Å². The van der Waals surface area contributed by atoms with Gasteiger partial charge < -0.3 is 15.5 Å². The lowest BCUT2D eigenvalue weighted by atomic mass is 9.97. The Labute approximate surface area is 261 Å². The molecule has 1 unspecified atom stereocenters. The quantitative estimate of drug-likeness (QED) is 0.0998. The van der Waals surface area contributed by atoms with Gasteiger partial charge >= 0.3 is 0 Å². The molecule has 0 bridgehead atoms. The summed E-state index contributed by atoms with van der Waals surface area (Å²) in [5, 5.41) is 15.1. The van der Waals surface area contributed by atoms with E-state index in [-0.39, 0.29) is 0 Å². The lowest BCUT2D eigenvalue weighted by Crippen LogP contribution is -2.39. The van der Waals surface area contributed by atoms with E-state index in [0.717, 1.165) is 66.7 Å². The van der Waals surface area contributed by atoms with Gasteiger partial charge in [-0.15, -0.1) is 0 Å². The minimum atomic E-state index is -0.452. The van der Waals surface area contributed by atoms with Gasteiger partial charge in [0, 0.05) is 39.8 Å². The van der Waals surface area contributed by atoms with E-state index in [2.05, 4.69) is 107 Å². The summed E-state index contributed by atoms with van der Waals surface area (Å²) in [7, 11) is 0. The van der Waals surface area contributed by atoms with Crippen LogP contribution in [0.15, 0.2) is 144 Å². The molecule has 1 aromatic heterocycles. The van der Waals surface area contributed by atoms with Crippen LogP contribution in [0.3, 0.4) is 0 Å². The van der Waals surface area contributed by atoms with Crippen LogP contribution in [0.1, 0.15) is 22.9 Å².